The van der Waals surface area contributed by atoms with Gasteiger partial charge in [-0.3, -0.25) is 9.59 Å². The molecule has 2 heterocycles. The van der Waals surface area contributed by atoms with Crippen LogP contribution in [-0.4, -0.2) is 42.0 Å². The average molecular weight is 263 g/mol. The fourth-order valence-corrected chi connectivity index (χ4v) is 2.48. The molecule has 0 saturated carbocycles. The van der Waals surface area contributed by atoms with Crippen molar-refractivity contribution >= 4 is 5.91 Å². The van der Waals surface area contributed by atoms with Crippen molar-refractivity contribution in [1.82, 2.24) is 15.2 Å². The largest absolute Gasteiger partial charge is 0.339 e. The third-order valence-electron chi connectivity index (χ3n) is 3.70. The van der Waals surface area contributed by atoms with E-state index in [4.69, 9.17) is 0 Å². The quantitative estimate of drug-likeness (QED) is 0.846. The lowest BCUT2D eigenvalue weighted by molar-refractivity contribution is 0.0703. The first-order valence-electron chi connectivity index (χ1n) is 6.83. The third-order valence-corrected chi connectivity index (χ3v) is 3.70. The SMILES string of the molecule is CCc1cc(C(=O)N(C)C2CCNCC2)cc(=O)[nH]1. The van der Waals surface area contributed by atoms with E-state index in [-0.39, 0.29) is 17.5 Å². The van der Waals surface area contributed by atoms with E-state index in [0.29, 0.717) is 12.0 Å². The highest BCUT2D eigenvalue weighted by atomic mass is 16.2. The number of H-pyrrole nitrogens is 1. The molecule has 5 nitrogen and oxygen atoms in total. The van der Waals surface area contributed by atoms with Gasteiger partial charge in [0.1, 0.15) is 0 Å². The molecular weight excluding hydrogens is 242 g/mol. The minimum absolute atomic E-state index is 0.0623. The summed E-state index contributed by atoms with van der Waals surface area (Å²) in [7, 11) is 1.82. The van der Waals surface area contributed by atoms with Crippen molar-refractivity contribution in [3.05, 3.63) is 33.7 Å². The Labute approximate surface area is 113 Å². The van der Waals surface area contributed by atoms with Crippen LogP contribution in [0, 0.1) is 0 Å². The summed E-state index contributed by atoms with van der Waals surface area (Å²) in [5.74, 6) is -0.0623. The van der Waals surface area contributed by atoms with Gasteiger partial charge in [-0.05, 0) is 38.4 Å². The van der Waals surface area contributed by atoms with Gasteiger partial charge in [0, 0.05) is 30.4 Å². The van der Waals surface area contributed by atoms with Crippen LogP contribution in [0.25, 0.3) is 0 Å². The maximum absolute atomic E-state index is 12.4. The van der Waals surface area contributed by atoms with Crippen molar-refractivity contribution < 1.29 is 4.79 Å². The average Bonchev–Trinajstić information content (AvgIpc) is 2.46. The number of pyridine rings is 1. The fourth-order valence-electron chi connectivity index (χ4n) is 2.48. The number of amides is 1. The van der Waals surface area contributed by atoms with Crippen LogP contribution in [-0.2, 0) is 6.42 Å². The van der Waals surface area contributed by atoms with Crippen LogP contribution in [0.3, 0.4) is 0 Å². The van der Waals surface area contributed by atoms with Crippen molar-refractivity contribution in [3.8, 4) is 0 Å². The van der Waals surface area contributed by atoms with Crippen molar-refractivity contribution in [1.29, 1.82) is 0 Å². The highest BCUT2D eigenvalue weighted by molar-refractivity contribution is 5.94. The summed E-state index contributed by atoms with van der Waals surface area (Å²) >= 11 is 0. The van der Waals surface area contributed by atoms with E-state index in [2.05, 4.69) is 10.3 Å². The molecule has 2 N–H and O–H groups in total. The molecule has 19 heavy (non-hydrogen) atoms. The lowest BCUT2D eigenvalue weighted by Gasteiger charge is -2.31. The summed E-state index contributed by atoms with van der Waals surface area (Å²) in [5.41, 5.74) is 1.08. The molecule has 0 atom stereocenters. The smallest absolute Gasteiger partial charge is 0.254 e. The van der Waals surface area contributed by atoms with Crippen molar-refractivity contribution in [2.24, 2.45) is 0 Å². The van der Waals surface area contributed by atoms with Gasteiger partial charge in [-0.25, -0.2) is 0 Å². The molecule has 0 spiro atoms. The molecule has 1 fully saturated rings. The van der Waals surface area contributed by atoms with Crippen LogP contribution in [0.2, 0.25) is 0 Å². The Hall–Kier alpha value is -1.62. The third kappa shape index (κ3) is 3.23. The molecule has 0 bridgehead atoms. The molecule has 0 aliphatic carbocycles. The summed E-state index contributed by atoms with van der Waals surface area (Å²) in [6.45, 7) is 3.84. The predicted octanol–water partition coefficient (Wildman–Crippen LogP) is 0.761. The predicted molar refractivity (Wildman–Crippen MR) is 74.4 cm³/mol. The highest BCUT2D eigenvalue weighted by Gasteiger charge is 2.23. The van der Waals surface area contributed by atoms with Crippen LogP contribution in [0.15, 0.2) is 16.9 Å². The zero-order valence-corrected chi connectivity index (χ0v) is 11.5. The number of rotatable bonds is 3. The number of carbonyl (C=O) groups is 1. The number of carbonyl (C=O) groups excluding carboxylic acids is 1. The van der Waals surface area contributed by atoms with Gasteiger partial charge >= 0.3 is 0 Å². The summed E-state index contributed by atoms with van der Waals surface area (Å²) in [5, 5.41) is 3.28. The lowest BCUT2D eigenvalue weighted by atomic mass is 10.0. The van der Waals surface area contributed by atoms with Gasteiger partial charge in [0.25, 0.3) is 5.91 Å². The van der Waals surface area contributed by atoms with E-state index >= 15 is 0 Å². The zero-order chi connectivity index (χ0) is 13.8. The summed E-state index contributed by atoms with van der Waals surface area (Å²) in [6.07, 6.45) is 2.64. The number of nitrogens with one attached hydrogen (secondary N) is 2. The van der Waals surface area contributed by atoms with Gasteiger partial charge < -0.3 is 15.2 Å². The van der Waals surface area contributed by atoms with E-state index in [1.54, 1.807) is 11.0 Å². The maximum atomic E-state index is 12.4. The van der Waals surface area contributed by atoms with Crippen molar-refractivity contribution in [2.75, 3.05) is 20.1 Å². The minimum Gasteiger partial charge on any atom is -0.339 e. The Morgan fingerprint density at radius 2 is 2.05 bits per heavy atom. The second-order valence-electron chi connectivity index (χ2n) is 5.01. The lowest BCUT2D eigenvalue weighted by Crippen LogP contribution is -2.44. The first kappa shape index (κ1) is 13.8. The molecule has 0 unspecified atom stereocenters. The van der Waals surface area contributed by atoms with Crippen LogP contribution < -0.4 is 10.9 Å². The first-order chi connectivity index (χ1) is 9.11. The molecule has 1 aliphatic rings. The molecule has 2 rings (SSSR count). The Bertz CT molecular complexity index is 504. The summed E-state index contributed by atoms with van der Waals surface area (Å²) in [6, 6.07) is 3.43. The minimum atomic E-state index is -0.207. The Balaban J connectivity index is 2.18. The van der Waals surface area contributed by atoms with Gasteiger partial charge in [-0.1, -0.05) is 6.92 Å². The Morgan fingerprint density at radius 3 is 2.68 bits per heavy atom. The second-order valence-corrected chi connectivity index (χ2v) is 5.01. The number of aryl methyl sites for hydroxylation is 1. The van der Waals surface area contributed by atoms with Crippen LogP contribution in [0.1, 0.15) is 35.8 Å². The van der Waals surface area contributed by atoms with E-state index in [1.165, 1.54) is 6.07 Å². The standard InChI is InChI=1S/C14H21N3O2/c1-3-11-8-10(9-13(18)16-11)14(19)17(2)12-4-6-15-7-5-12/h8-9,12,15H,3-7H2,1-2H3,(H,16,18). The van der Waals surface area contributed by atoms with Gasteiger partial charge in [0.05, 0.1) is 0 Å². The number of piperidine rings is 1. The zero-order valence-electron chi connectivity index (χ0n) is 11.5. The van der Waals surface area contributed by atoms with Crippen LogP contribution in [0.4, 0.5) is 0 Å². The van der Waals surface area contributed by atoms with Crippen molar-refractivity contribution in [2.45, 2.75) is 32.2 Å². The summed E-state index contributed by atoms with van der Waals surface area (Å²) < 4.78 is 0. The molecular formula is C14H21N3O2. The number of aromatic nitrogens is 1. The van der Waals surface area contributed by atoms with Gasteiger partial charge in [-0.2, -0.15) is 0 Å². The number of hydrogen-bond donors (Lipinski definition) is 2. The molecule has 1 aliphatic heterocycles. The van der Waals surface area contributed by atoms with Gasteiger partial charge in [-0.15, -0.1) is 0 Å². The van der Waals surface area contributed by atoms with E-state index in [0.717, 1.165) is 31.6 Å². The van der Waals surface area contributed by atoms with E-state index in [1.807, 2.05) is 14.0 Å². The normalized spacial score (nSPS) is 16.3. The van der Waals surface area contributed by atoms with E-state index in [9.17, 15) is 9.59 Å². The second kappa shape index (κ2) is 6.02. The molecule has 104 valence electrons. The van der Waals surface area contributed by atoms with Crippen LogP contribution in [0.5, 0.6) is 0 Å². The fraction of sp³-hybridized carbons (Fsp3) is 0.571. The number of hydrogen-bond acceptors (Lipinski definition) is 3. The molecule has 0 radical (unpaired) electrons. The Morgan fingerprint density at radius 1 is 1.37 bits per heavy atom. The first-order valence-corrected chi connectivity index (χ1v) is 6.83. The molecule has 1 amide bonds. The number of nitrogens with zero attached hydrogens (tertiary/aromatic N) is 1. The molecule has 1 aromatic heterocycles. The highest BCUT2D eigenvalue weighted by Crippen LogP contribution is 2.13. The summed E-state index contributed by atoms with van der Waals surface area (Å²) in [4.78, 5) is 28.5. The number of aromatic amines is 1. The van der Waals surface area contributed by atoms with E-state index < -0.39 is 0 Å². The molecule has 5 heteroatoms. The maximum Gasteiger partial charge on any atom is 0.254 e. The van der Waals surface area contributed by atoms with Gasteiger partial charge in [0.15, 0.2) is 0 Å². The van der Waals surface area contributed by atoms with Crippen molar-refractivity contribution in [3.63, 3.8) is 0 Å². The van der Waals surface area contributed by atoms with Gasteiger partial charge in [0.2, 0.25) is 5.56 Å². The Kier molecular flexibility index (Phi) is 4.37. The van der Waals surface area contributed by atoms with Crippen LogP contribution >= 0.6 is 0 Å². The monoisotopic (exact) mass is 263 g/mol. The molecule has 0 aromatic carbocycles. The topological polar surface area (TPSA) is 65.2 Å². The molecule has 1 saturated heterocycles. The molecule has 1 aromatic rings.